The third-order valence-corrected chi connectivity index (χ3v) is 1.78. The summed E-state index contributed by atoms with van der Waals surface area (Å²) in [5, 5.41) is 9.37. The van der Waals surface area contributed by atoms with E-state index in [0.717, 1.165) is 0 Å². The molecular formula is C11H16O4. The summed E-state index contributed by atoms with van der Waals surface area (Å²) in [6.07, 6.45) is 0. The van der Waals surface area contributed by atoms with Crippen LogP contribution < -0.4 is 4.74 Å². The molecule has 1 aromatic carbocycles. The molecule has 15 heavy (non-hydrogen) atoms. The van der Waals surface area contributed by atoms with Crippen molar-refractivity contribution in [3.05, 3.63) is 24.3 Å². The van der Waals surface area contributed by atoms with Crippen LogP contribution in [0.2, 0.25) is 0 Å². The fourth-order valence-corrected chi connectivity index (χ4v) is 1.03. The lowest BCUT2D eigenvalue weighted by atomic mass is 10.3. The molecule has 1 rings (SSSR count). The molecule has 0 aliphatic heterocycles. The Labute approximate surface area is 89.4 Å². The Hall–Kier alpha value is -1.26. The standard InChI is InChI=1S/C11H16O4/c1-13-6-7-14-8-9-15-11-5-3-2-4-10(11)12/h2-5,12H,6-9H2,1H3. The number of phenols is 1. The van der Waals surface area contributed by atoms with Gasteiger partial charge in [-0.25, -0.2) is 0 Å². The molecule has 1 aromatic rings. The van der Waals surface area contributed by atoms with Crippen molar-refractivity contribution in [1.82, 2.24) is 0 Å². The third-order valence-electron chi connectivity index (χ3n) is 1.78. The maximum absolute atomic E-state index is 9.37. The molecule has 0 amide bonds. The Morgan fingerprint density at radius 3 is 2.53 bits per heavy atom. The number of aromatic hydroxyl groups is 1. The highest BCUT2D eigenvalue weighted by atomic mass is 16.5. The van der Waals surface area contributed by atoms with E-state index in [9.17, 15) is 5.11 Å². The van der Waals surface area contributed by atoms with Crippen molar-refractivity contribution >= 4 is 0 Å². The van der Waals surface area contributed by atoms with Crippen LogP contribution in [0, 0.1) is 0 Å². The molecule has 4 heteroatoms. The molecule has 0 heterocycles. The summed E-state index contributed by atoms with van der Waals surface area (Å²) in [5.74, 6) is 0.627. The lowest BCUT2D eigenvalue weighted by Crippen LogP contribution is -2.09. The van der Waals surface area contributed by atoms with Crippen LogP contribution in [-0.4, -0.2) is 38.6 Å². The van der Waals surface area contributed by atoms with E-state index < -0.39 is 0 Å². The van der Waals surface area contributed by atoms with Crippen LogP contribution in [0.15, 0.2) is 24.3 Å². The smallest absolute Gasteiger partial charge is 0.161 e. The number of methoxy groups -OCH3 is 1. The van der Waals surface area contributed by atoms with Crippen LogP contribution in [0.3, 0.4) is 0 Å². The first-order chi connectivity index (χ1) is 7.34. The molecule has 0 aliphatic rings. The Bertz CT molecular complexity index is 275. The van der Waals surface area contributed by atoms with E-state index in [1.165, 1.54) is 0 Å². The quantitative estimate of drug-likeness (QED) is 0.695. The summed E-state index contributed by atoms with van der Waals surface area (Å²) in [5.41, 5.74) is 0. The molecule has 0 unspecified atom stereocenters. The van der Waals surface area contributed by atoms with Crippen molar-refractivity contribution in [2.75, 3.05) is 33.5 Å². The van der Waals surface area contributed by atoms with Gasteiger partial charge < -0.3 is 19.3 Å². The van der Waals surface area contributed by atoms with Gasteiger partial charge in [0.15, 0.2) is 11.5 Å². The molecule has 0 atom stereocenters. The van der Waals surface area contributed by atoms with Gasteiger partial charge in [-0.3, -0.25) is 0 Å². The zero-order valence-corrected chi connectivity index (χ0v) is 8.81. The van der Waals surface area contributed by atoms with Gasteiger partial charge in [-0.1, -0.05) is 12.1 Å². The van der Waals surface area contributed by atoms with Crippen molar-refractivity contribution in [2.24, 2.45) is 0 Å². The van der Waals surface area contributed by atoms with Crippen molar-refractivity contribution in [2.45, 2.75) is 0 Å². The summed E-state index contributed by atoms with van der Waals surface area (Å²) < 4.78 is 15.3. The molecule has 0 spiro atoms. The van der Waals surface area contributed by atoms with Crippen LogP contribution in [-0.2, 0) is 9.47 Å². The average Bonchev–Trinajstić information content (AvgIpc) is 2.25. The van der Waals surface area contributed by atoms with E-state index >= 15 is 0 Å². The minimum atomic E-state index is 0.148. The normalized spacial score (nSPS) is 10.2. The highest BCUT2D eigenvalue weighted by Crippen LogP contribution is 2.23. The molecule has 0 saturated heterocycles. The van der Waals surface area contributed by atoms with Crippen molar-refractivity contribution in [3.8, 4) is 11.5 Å². The average molecular weight is 212 g/mol. The minimum Gasteiger partial charge on any atom is -0.504 e. The number of phenolic OH excluding ortho intramolecular Hbond substituents is 1. The lowest BCUT2D eigenvalue weighted by Gasteiger charge is -2.07. The van der Waals surface area contributed by atoms with E-state index in [1.54, 1.807) is 31.4 Å². The van der Waals surface area contributed by atoms with Gasteiger partial charge in [-0.15, -0.1) is 0 Å². The van der Waals surface area contributed by atoms with Gasteiger partial charge in [0, 0.05) is 7.11 Å². The van der Waals surface area contributed by atoms with Gasteiger partial charge in [0.2, 0.25) is 0 Å². The maximum atomic E-state index is 9.37. The van der Waals surface area contributed by atoms with Gasteiger partial charge in [0.25, 0.3) is 0 Å². The summed E-state index contributed by atoms with van der Waals surface area (Å²) >= 11 is 0. The van der Waals surface area contributed by atoms with E-state index in [1.807, 2.05) is 0 Å². The number of hydrogen-bond acceptors (Lipinski definition) is 4. The molecule has 0 radical (unpaired) electrons. The highest BCUT2D eigenvalue weighted by Gasteiger charge is 1.99. The predicted molar refractivity (Wildman–Crippen MR) is 56.3 cm³/mol. The molecule has 0 aliphatic carbocycles. The summed E-state index contributed by atoms with van der Waals surface area (Å²) in [7, 11) is 1.63. The van der Waals surface area contributed by atoms with Crippen LogP contribution in [0.4, 0.5) is 0 Å². The fraction of sp³-hybridized carbons (Fsp3) is 0.455. The van der Waals surface area contributed by atoms with Crippen LogP contribution in [0.25, 0.3) is 0 Å². The Morgan fingerprint density at radius 1 is 1.07 bits per heavy atom. The summed E-state index contributed by atoms with van der Waals surface area (Å²) in [4.78, 5) is 0. The van der Waals surface area contributed by atoms with Crippen LogP contribution in [0.5, 0.6) is 11.5 Å². The molecular weight excluding hydrogens is 196 g/mol. The first kappa shape index (κ1) is 11.8. The largest absolute Gasteiger partial charge is 0.504 e. The number of rotatable bonds is 7. The van der Waals surface area contributed by atoms with Gasteiger partial charge in [0.05, 0.1) is 19.8 Å². The SMILES string of the molecule is COCCOCCOc1ccccc1O. The topological polar surface area (TPSA) is 47.9 Å². The molecule has 0 saturated carbocycles. The molecule has 4 nitrogen and oxygen atoms in total. The van der Waals surface area contributed by atoms with Crippen LogP contribution in [0.1, 0.15) is 0 Å². The second kappa shape index (κ2) is 7.09. The van der Waals surface area contributed by atoms with Gasteiger partial charge >= 0.3 is 0 Å². The Morgan fingerprint density at radius 2 is 1.80 bits per heavy atom. The second-order valence-corrected chi connectivity index (χ2v) is 2.92. The highest BCUT2D eigenvalue weighted by molar-refractivity contribution is 5.37. The number of para-hydroxylation sites is 2. The van der Waals surface area contributed by atoms with Crippen molar-refractivity contribution in [1.29, 1.82) is 0 Å². The number of hydrogen-bond donors (Lipinski definition) is 1. The zero-order chi connectivity index (χ0) is 10.9. The van der Waals surface area contributed by atoms with E-state index in [-0.39, 0.29) is 5.75 Å². The first-order valence-electron chi connectivity index (χ1n) is 4.82. The third kappa shape index (κ3) is 4.67. The van der Waals surface area contributed by atoms with Crippen molar-refractivity contribution in [3.63, 3.8) is 0 Å². The number of benzene rings is 1. The fourth-order valence-electron chi connectivity index (χ4n) is 1.03. The van der Waals surface area contributed by atoms with E-state index in [4.69, 9.17) is 14.2 Å². The predicted octanol–water partition coefficient (Wildman–Crippen LogP) is 1.43. The van der Waals surface area contributed by atoms with E-state index in [2.05, 4.69) is 0 Å². The van der Waals surface area contributed by atoms with E-state index in [0.29, 0.717) is 32.2 Å². The maximum Gasteiger partial charge on any atom is 0.161 e. The zero-order valence-electron chi connectivity index (χ0n) is 8.81. The molecule has 1 N–H and O–H groups in total. The summed E-state index contributed by atoms with van der Waals surface area (Å²) in [6.45, 7) is 2.04. The Kier molecular flexibility index (Phi) is 5.58. The van der Waals surface area contributed by atoms with Gasteiger partial charge in [0.1, 0.15) is 6.61 Å². The van der Waals surface area contributed by atoms with Gasteiger partial charge in [-0.05, 0) is 12.1 Å². The molecule has 0 fully saturated rings. The molecule has 0 aromatic heterocycles. The second-order valence-electron chi connectivity index (χ2n) is 2.92. The minimum absolute atomic E-state index is 0.148. The van der Waals surface area contributed by atoms with Crippen LogP contribution >= 0.6 is 0 Å². The van der Waals surface area contributed by atoms with Gasteiger partial charge in [-0.2, -0.15) is 0 Å². The molecule has 84 valence electrons. The number of ether oxygens (including phenoxy) is 3. The first-order valence-corrected chi connectivity index (χ1v) is 4.82. The molecule has 0 bridgehead atoms. The monoisotopic (exact) mass is 212 g/mol. The summed E-state index contributed by atoms with van der Waals surface area (Å²) in [6, 6.07) is 6.85. The van der Waals surface area contributed by atoms with Crippen molar-refractivity contribution < 1.29 is 19.3 Å². The Balaban J connectivity index is 2.12. The lowest BCUT2D eigenvalue weighted by molar-refractivity contribution is 0.0540.